The van der Waals surface area contributed by atoms with Crippen molar-refractivity contribution in [3.05, 3.63) is 12.4 Å². The van der Waals surface area contributed by atoms with E-state index in [1.54, 1.807) is 10.9 Å². The first-order valence-electron chi connectivity index (χ1n) is 5.73. The van der Waals surface area contributed by atoms with Crippen molar-refractivity contribution in [1.82, 2.24) is 19.4 Å². The number of likely N-dealkylation sites (N-methyl/N-ethyl adjacent to an activating group) is 1. The van der Waals surface area contributed by atoms with Gasteiger partial charge in [0.2, 0.25) is 10.0 Å². The van der Waals surface area contributed by atoms with Gasteiger partial charge in [-0.2, -0.15) is 9.40 Å². The summed E-state index contributed by atoms with van der Waals surface area (Å²) in [5.74, 6) is 0. The largest absolute Gasteiger partial charge is 0.318 e. The highest BCUT2D eigenvalue weighted by molar-refractivity contribution is 7.89. The van der Waals surface area contributed by atoms with Gasteiger partial charge in [0.15, 0.2) is 0 Å². The highest BCUT2D eigenvalue weighted by Crippen LogP contribution is 2.13. The van der Waals surface area contributed by atoms with Gasteiger partial charge in [0.05, 0.1) is 12.7 Å². The first kappa shape index (κ1) is 14.1. The Morgan fingerprint density at radius 1 is 1.41 bits per heavy atom. The molecule has 1 aromatic rings. The van der Waals surface area contributed by atoms with Crippen LogP contribution in [-0.4, -0.2) is 49.2 Å². The molecule has 0 spiro atoms. The van der Waals surface area contributed by atoms with E-state index < -0.39 is 10.0 Å². The molecule has 0 atom stereocenters. The van der Waals surface area contributed by atoms with Crippen LogP contribution in [0.15, 0.2) is 17.3 Å². The first-order chi connectivity index (χ1) is 8.06. The zero-order chi connectivity index (χ0) is 12.9. The molecule has 0 fully saturated rings. The third-order valence-corrected chi connectivity index (χ3v) is 4.55. The fourth-order valence-corrected chi connectivity index (χ4v) is 2.95. The van der Waals surface area contributed by atoms with Crippen LogP contribution in [0, 0.1) is 0 Å². The van der Waals surface area contributed by atoms with Crippen molar-refractivity contribution in [2.45, 2.75) is 25.3 Å². The lowest BCUT2D eigenvalue weighted by atomic mass is 10.6. The van der Waals surface area contributed by atoms with Crippen molar-refractivity contribution >= 4 is 10.0 Å². The first-order valence-corrected chi connectivity index (χ1v) is 7.17. The number of nitrogens with zero attached hydrogens (tertiary/aromatic N) is 3. The van der Waals surface area contributed by atoms with Crippen molar-refractivity contribution in [1.29, 1.82) is 0 Å². The van der Waals surface area contributed by atoms with Gasteiger partial charge < -0.3 is 5.32 Å². The Labute approximate surface area is 103 Å². The van der Waals surface area contributed by atoms with E-state index in [0.717, 1.165) is 6.54 Å². The molecule has 1 aromatic heterocycles. The number of aromatic nitrogens is 2. The van der Waals surface area contributed by atoms with Crippen LogP contribution in [0.2, 0.25) is 0 Å². The van der Waals surface area contributed by atoms with E-state index in [-0.39, 0.29) is 4.90 Å². The maximum absolute atomic E-state index is 12.1. The summed E-state index contributed by atoms with van der Waals surface area (Å²) in [5.41, 5.74) is 0. The van der Waals surface area contributed by atoms with Gasteiger partial charge in [0, 0.05) is 25.8 Å². The van der Waals surface area contributed by atoms with Crippen molar-refractivity contribution in [2.75, 3.05) is 26.7 Å². The van der Waals surface area contributed by atoms with Crippen molar-refractivity contribution < 1.29 is 8.42 Å². The van der Waals surface area contributed by atoms with E-state index in [9.17, 15) is 8.42 Å². The van der Waals surface area contributed by atoms with E-state index in [0.29, 0.717) is 19.6 Å². The van der Waals surface area contributed by atoms with Gasteiger partial charge in [0.25, 0.3) is 0 Å². The minimum absolute atomic E-state index is 0.261. The lowest BCUT2D eigenvalue weighted by Crippen LogP contribution is -2.30. The van der Waals surface area contributed by atoms with Crippen LogP contribution >= 0.6 is 0 Å². The Balaban J connectivity index is 2.88. The van der Waals surface area contributed by atoms with Crippen molar-refractivity contribution in [2.24, 2.45) is 0 Å². The average molecular weight is 260 g/mol. The maximum atomic E-state index is 12.1. The molecule has 98 valence electrons. The molecule has 0 saturated carbocycles. The number of hydrogen-bond acceptors (Lipinski definition) is 4. The Morgan fingerprint density at radius 3 is 2.59 bits per heavy atom. The molecular weight excluding hydrogens is 240 g/mol. The van der Waals surface area contributed by atoms with Gasteiger partial charge in [-0.15, -0.1) is 0 Å². The summed E-state index contributed by atoms with van der Waals surface area (Å²) >= 11 is 0. The molecule has 1 heterocycles. The lowest BCUT2D eigenvalue weighted by Gasteiger charge is -2.16. The van der Waals surface area contributed by atoms with Gasteiger partial charge in [-0.05, 0) is 7.05 Å². The van der Waals surface area contributed by atoms with E-state index in [4.69, 9.17) is 0 Å². The number of sulfonamides is 1. The topological polar surface area (TPSA) is 67.2 Å². The smallest absolute Gasteiger partial charge is 0.246 e. The second-order valence-electron chi connectivity index (χ2n) is 3.63. The standard InChI is InChI=1S/C10H20N4O2S/c1-4-14(5-2)17(15,16)10-8-12-13(9-10)7-6-11-3/h8-9,11H,4-7H2,1-3H3. The van der Waals surface area contributed by atoms with Crippen LogP contribution in [0.1, 0.15) is 13.8 Å². The molecule has 0 bridgehead atoms. The summed E-state index contributed by atoms with van der Waals surface area (Å²) < 4.78 is 27.3. The van der Waals surface area contributed by atoms with Crippen LogP contribution in [0.4, 0.5) is 0 Å². The van der Waals surface area contributed by atoms with Gasteiger partial charge >= 0.3 is 0 Å². The fraction of sp³-hybridized carbons (Fsp3) is 0.700. The molecule has 0 unspecified atom stereocenters. The Kier molecular flexibility index (Phi) is 5.10. The Bertz CT molecular complexity index is 437. The quantitative estimate of drug-likeness (QED) is 0.757. The van der Waals surface area contributed by atoms with E-state index in [2.05, 4.69) is 10.4 Å². The molecule has 0 aliphatic rings. The Morgan fingerprint density at radius 2 is 2.06 bits per heavy atom. The summed E-state index contributed by atoms with van der Waals surface area (Å²) in [6.07, 6.45) is 2.98. The van der Waals surface area contributed by atoms with Crippen LogP contribution in [0.25, 0.3) is 0 Å². The predicted molar refractivity (Wildman–Crippen MR) is 66.3 cm³/mol. The molecule has 6 nitrogen and oxygen atoms in total. The van der Waals surface area contributed by atoms with E-state index in [1.165, 1.54) is 10.5 Å². The third-order valence-electron chi connectivity index (χ3n) is 2.54. The van der Waals surface area contributed by atoms with Gasteiger partial charge in [-0.3, -0.25) is 4.68 Å². The second kappa shape index (κ2) is 6.13. The molecule has 0 radical (unpaired) electrons. The fourth-order valence-electron chi connectivity index (χ4n) is 1.54. The molecule has 1 rings (SSSR count). The Hall–Kier alpha value is -0.920. The summed E-state index contributed by atoms with van der Waals surface area (Å²) in [5, 5.41) is 7.03. The minimum atomic E-state index is -3.38. The SMILES string of the molecule is CCN(CC)S(=O)(=O)c1cnn(CCNC)c1. The molecule has 0 aliphatic heterocycles. The summed E-state index contributed by atoms with van der Waals surface area (Å²) in [7, 11) is -1.53. The summed E-state index contributed by atoms with van der Waals surface area (Å²) in [6, 6.07) is 0. The van der Waals surface area contributed by atoms with Crippen LogP contribution in [-0.2, 0) is 16.6 Å². The molecule has 0 aromatic carbocycles. The van der Waals surface area contributed by atoms with Gasteiger partial charge in [0.1, 0.15) is 4.90 Å². The normalized spacial score (nSPS) is 12.2. The van der Waals surface area contributed by atoms with Gasteiger partial charge in [-0.1, -0.05) is 13.8 Å². The maximum Gasteiger partial charge on any atom is 0.246 e. The second-order valence-corrected chi connectivity index (χ2v) is 5.57. The summed E-state index contributed by atoms with van der Waals surface area (Å²) in [4.78, 5) is 0.261. The lowest BCUT2D eigenvalue weighted by molar-refractivity contribution is 0.445. The van der Waals surface area contributed by atoms with E-state index >= 15 is 0 Å². The molecule has 7 heteroatoms. The molecular formula is C10H20N4O2S. The number of hydrogen-bond donors (Lipinski definition) is 1. The van der Waals surface area contributed by atoms with Crippen LogP contribution in [0.3, 0.4) is 0 Å². The summed E-state index contributed by atoms with van der Waals surface area (Å²) in [6.45, 7) is 6.01. The monoisotopic (exact) mass is 260 g/mol. The van der Waals surface area contributed by atoms with Gasteiger partial charge in [-0.25, -0.2) is 8.42 Å². The van der Waals surface area contributed by atoms with Crippen LogP contribution < -0.4 is 5.32 Å². The zero-order valence-electron chi connectivity index (χ0n) is 10.5. The number of rotatable bonds is 7. The minimum Gasteiger partial charge on any atom is -0.318 e. The molecule has 17 heavy (non-hydrogen) atoms. The predicted octanol–water partition coefficient (Wildman–Crippen LogP) is 0.133. The van der Waals surface area contributed by atoms with Crippen molar-refractivity contribution in [3.8, 4) is 0 Å². The van der Waals surface area contributed by atoms with Crippen molar-refractivity contribution in [3.63, 3.8) is 0 Å². The number of nitrogens with one attached hydrogen (secondary N) is 1. The van der Waals surface area contributed by atoms with E-state index in [1.807, 2.05) is 20.9 Å². The molecule has 0 aliphatic carbocycles. The highest BCUT2D eigenvalue weighted by atomic mass is 32.2. The molecule has 0 amide bonds. The molecule has 1 N–H and O–H groups in total. The third kappa shape index (κ3) is 3.27. The molecule has 0 saturated heterocycles. The average Bonchev–Trinajstić information content (AvgIpc) is 2.77. The van der Waals surface area contributed by atoms with Crippen LogP contribution in [0.5, 0.6) is 0 Å². The highest BCUT2D eigenvalue weighted by Gasteiger charge is 2.22. The zero-order valence-corrected chi connectivity index (χ0v) is 11.4.